The van der Waals surface area contributed by atoms with Gasteiger partial charge in [0, 0.05) is 11.1 Å². The molecule has 0 bridgehead atoms. The molecule has 0 fully saturated rings. The van der Waals surface area contributed by atoms with Crippen LogP contribution < -0.4 is 4.83 Å². The Hall–Kier alpha value is -2.14. The molecule has 0 aliphatic heterocycles. The lowest BCUT2D eigenvalue weighted by molar-refractivity contribution is 0.575. The topological polar surface area (TPSA) is 58.5 Å². The van der Waals surface area contributed by atoms with Gasteiger partial charge in [0.15, 0.2) is 0 Å². The molecule has 0 amide bonds. The lowest BCUT2D eigenvalue weighted by Crippen LogP contribution is -2.28. The van der Waals surface area contributed by atoms with Crippen molar-refractivity contribution < 1.29 is 8.42 Å². The first kappa shape index (κ1) is 15.3. The minimum atomic E-state index is -3.45. The summed E-state index contributed by atoms with van der Waals surface area (Å²) in [6, 6.07) is 19.0. The van der Waals surface area contributed by atoms with E-state index in [0.29, 0.717) is 5.71 Å². The summed E-state index contributed by atoms with van der Waals surface area (Å²) in [6.45, 7) is 3.23. The van der Waals surface area contributed by atoms with Crippen molar-refractivity contribution in [3.63, 3.8) is 0 Å². The van der Waals surface area contributed by atoms with Gasteiger partial charge in [0.25, 0.3) is 0 Å². The van der Waals surface area contributed by atoms with Crippen molar-refractivity contribution in [2.75, 3.05) is 0 Å². The molecule has 110 valence electrons. The zero-order chi connectivity index (χ0) is 15.3. The van der Waals surface area contributed by atoms with E-state index in [9.17, 15) is 8.42 Å². The highest BCUT2D eigenvalue weighted by Gasteiger charge is 2.15. The van der Waals surface area contributed by atoms with Gasteiger partial charge in [0.05, 0.1) is 11.0 Å². The smallest absolute Gasteiger partial charge is 0.205 e. The van der Waals surface area contributed by atoms with Gasteiger partial charge in [0.2, 0.25) is 10.0 Å². The second-order valence-corrected chi connectivity index (χ2v) is 7.09. The largest absolute Gasteiger partial charge is 0.249 e. The minimum Gasteiger partial charge on any atom is -0.205 e. The van der Waals surface area contributed by atoms with Gasteiger partial charge in [-0.15, -0.1) is 0 Å². The highest BCUT2D eigenvalue weighted by molar-refractivity contribution is 7.90. The van der Waals surface area contributed by atoms with E-state index in [0.717, 1.165) is 11.1 Å². The molecule has 2 rings (SSSR count). The van der Waals surface area contributed by atoms with Crippen LogP contribution in [0, 0.1) is 0 Å². The number of hydrogen-bond acceptors (Lipinski definition) is 3. The molecular formula is C16H18N2O2S. The average molecular weight is 302 g/mol. The Labute approximate surface area is 125 Å². The molecule has 0 aliphatic carbocycles. The van der Waals surface area contributed by atoms with Gasteiger partial charge in [-0.25, -0.2) is 13.2 Å². The quantitative estimate of drug-likeness (QED) is 0.682. The fourth-order valence-electron chi connectivity index (χ4n) is 1.70. The molecule has 0 saturated heterocycles. The van der Waals surface area contributed by atoms with Gasteiger partial charge in [-0.05, 0) is 13.8 Å². The van der Waals surface area contributed by atoms with Crippen molar-refractivity contribution >= 4 is 15.7 Å². The van der Waals surface area contributed by atoms with Gasteiger partial charge >= 0.3 is 0 Å². The third-order valence-corrected chi connectivity index (χ3v) is 4.59. The van der Waals surface area contributed by atoms with Crippen molar-refractivity contribution in [3.05, 3.63) is 71.8 Å². The van der Waals surface area contributed by atoms with E-state index in [1.807, 2.05) is 60.7 Å². The van der Waals surface area contributed by atoms with E-state index >= 15 is 0 Å². The molecule has 0 spiro atoms. The fraction of sp³-hybridized carbons (Fsp3) is 0.188. The van der Waals surface area contributed by atoms with Crippen LogP contribution in [-0.4, -0.2) is 19.4 Å². The standard InChI is InChI=1S/C16H18N2O2S/c1-13(2)21(19,20)18-17-16(14-9-5-3-6-10-14)15-11-7-4-8-12-15/h3-13,18H,1-2H3. The lowest BCUT2D eigenvalue weighted by Gasteiger charge is -2.10. The third kappa shape index (κ3) is 3.92. The Morgan fingerprint density at radius 3 is 1.71 bits per heavy atom. The van der Waals surface area contributed by atoms with Crippen molar-refractivity contribution in [1.29, 1.82) is 0 Å². The Bertz CT molecular complexity index is 667. The van der Waals surface area contributed by atoms with Gasteiger partial charge in [0.1, 0.15) is 0 Å². The third-order valence-electron chi connectivity index (χ3n) is 3.00. The Morgan fingerprint density at radius 1 is 0.905 bits per heavy atom. The number of rotatable bonds is 5. The van der Waals surface area contributed by atoms with Gasteiger partial charge < -0.3 is 0 Å². The van der Waals surface area contributed by atoms with E-state index in [1.54, 1.807) is 13.8 Å². The highest BCUT2D eigenvalue weighted by Crippen LogP contribution is 2.11. The van der Waals surface area contributed by atoms with Crippen LogP contribution in [-0.2, 0) is 10.0 Å². The van der Waals surface area contributed by atoms with Crippen LogP contribution in [0.1, 0.15) is 25.0 Å². The lowest BCUT2D eigenvalue weighted by atomic mass is 10.0. The zero-order valence-corrected chi connectivity index (χ0v) is 12.8. The number of hydrazone groups is 1. The van der Waals surface area contributed by atoms with Crippen LogP contribution in [0.15, 0.2) is 65.8 Å². The molecule has 0 heterocycles. The molecule has 4 nitrogen and oxygen atoms in total. The Kier molecular flexibility index (Phi) is 4.75. The zero-order valence-electron chi connectivity index (χ0n) is 12.0. The van der Waals surface area contributed by atoms with E-state index in [4.69, 9.17) is 0 Å². The van der Waals surface area contributed by atoms with Crippen LogP contribution in [0.2, 0.25) is 0 Å². The molecule has 0 aromatic heterocycles. The molecule has 5 heteroatoms. The maximum atomic E-state index is 11.9. The molecule has 0 radical (unpaired) electrons. The summed E-state index contributed by atoms with van der Waals surface area (Å²) in [5, 5.41) is 3.60. The molecular weight excluding hydrogens is 284 g/mol. The molecule has 21 heavy (non-hydrogen) atoms. The van der Waals surface area contributed by atoms with Crippen molar-refractivity contribution in [2.24, 2.45) is 5.10 Å². The summed E-state index contributed by atoms with van der Waals surface area (Å²) >= 11 is 0. The van der Waals surface area contributed by atoms with Gasteiger partial charge in [-0.2, -0.15) is 5.10 Å². The van der Waals surface area contributed by atoms with Gasteiger partial charge in [-0.1, -0.05) is 60.7 Å². The van der Waals surface area contributed by atoms with Crippen molar-refractivity contribution in [3.8, 4) is 0 Å². The summed E-state index contributed by atoms with van der Waals surface area (Å²) < 4.78 is 23.8. The number of hydrogen-bond donors (Lipinski definition) is 1. The molecule has 0 aliphatic rings. The maximum absolute atomic E-state index is 11.9. The first-order valence-corrected chi connectivity index (χ1v) is 8.24. The summed E-state index contributed by atoms with van der Waals surface area (Å²) in [7, 11) is -3.45. The Balaban J connectivity index is 2.43. The predicted molar refractivity (Wildman–Crippen MR) is 85.7 cm³/mol. The van der Waals surface area contributed by atoms with Gasteiger partial charge in [-0.3, -0.25) is 0 Å². The number of nitrogens with one attached hydrogen (secondary N) is 1. The van der Waals surface area contributed by atoms with Crippen LogP contribution in [0.4, 0.5) is 0 Å². The summed E-state index contributed by atoms with van der Waals surface area (Å²) in [4.78, 5) is 2.32. The van der Waals surface area contributed by atoms with Crippen LogP contribution in [0.5, 0.6) is 0 Å². The van der Waals surface area contributed by atoms with E-state index in [1.165, 1.54) is 0 Å². The summed E-state index contributed by atoms with van der Waals surface area (Å²) in [5.41, 5.74) is 2.31. The minimum absolute atomic E-state index is 0.533. The van der Waals surface area contributed by atoms with Crippen molar-refractivity contribution in [2.45, 2.75) is 19.1 Å². The van der Waals surface area contributed by atoms with Crippen LogP contribution >= 0.6 is 0 Å². The Morgan fingerprint density at radius 2 is 1.33 bits per heavy atom. The number of benzene rings is 2. The highest BCUT2D eigenvalue weighted by atomic mass is 32.2. The van der Waals surface area contributed by atoms with E-state index in [-0.39, 0.29) is 0 Å². The monoisotopic (exact) mass is 302 g/mol. The molecule has 1 N–H and O–H groups in total. The molecule has 2 aromatic carbocycles. The fourth-order valence-corrected chi connectivity index (χ4v) is 2.13. The molecule has 2 aromatic rings. The molecule has 0 saturated carbocycles. The summed E-state index contributed by atoms with van der Waals surface area (Å²) in [6.07, 6.45) is 0. The van der Waals surface area contributed by atoms with Crippen LogP contribution in [0.3, 0.4) is 0 Å². The number of nitrogens with zero attached hydrogens (tertiary/aromatic N) is 1. The molecule has 0 unspecified atom stereocenters. The first-order chi connectivity index (χ1) is 10.0. The van der Waals surface area contributed by atoms with E-state index in [2.05, 4.69) is 9.93 Å². The first-order valence-electron chi connectivity index (χ1n) is 6.70. The SMILES string of the molecule is CC(C)S(=O)(=O)NN=C(c1ccccc1)c1ccccc1. The molecule has 0 atom stereocenters. The maximum Gasteiger partial charge on any atom is 0.249 e. The second kappa shape index (κ2) is 6.54. The predicted octanol–water partition coefficient (Wildman–Crippen LogP) is 2.77. The normalized spacial score (nSPS) is 11.2. The van der Waals surface area contributed by atoms with Crippen LogP contribution in [0.25, 0.3) is 0 Å². The summed E-state index contributed by atoms with van der Waals surface area (Å²) in [5.74, 6) is 0. The number of sulfonamides is 1. The average Bonchev–Trinajstić information content (AvgIpc) is 2.49. The van der Waals surface area contributed by atoms with E-state index < -0.39 is 15.3 Å². The van der Waals surface area contributed by atoms with Crippen molar-refractivity contribution in [1.82, 2.24) is 4.83 Å². The second-order valence-electron chi connectivity index (χ2n) is 4.88.